The molecule has 1 aromatic carbocycles. The molecule has 1 amide bonds. The first kappa shape index (κ1) is 26.4. The van der Waals surface area contributed by atoms with Gasteiger partial charge in [0.1, 0.15) is 5.60 Å². The molecule has 2 aromatic heterocycles. The van der Waals surface area contributed by atoms with Crippen LogP contribution in [0.5, 0.6) is 0 Å². The second-order valence-electron chi connectivity index (χ2n) is 11.7. The summed E-state index contributed by atoms with van der Waals surface area (Å²) >= 11 is 0. The van der Waals surface area contributed by atoms with Gasteiger partial charge in [-0.05, 0) is 88.6 Å². The lowest BCUT2D eigenvalue weighted by Crippen LogP contribution is -2.53. The Morgan fingerprint density at radius 1 is 1.13 bits per heavy atom. The summed E-state index contributed by atoms with van der Waals surface area (Å²) < 4.78 is 14.0. The van der Waals surface area contributed by atoms with Crippen molar-refractivity contribution >= 4 is 22.8 Å². The minimum absolute atomic E-state index is 0.0136. The summed E-state index contributed by atoms with van der Waals surface area (Å²) in [5, 5.41) is 17.0. The van der Waals surface area contributed by atoms with Gasteiger partial charge in [0, 0.05) is 43.7 Å². The number of aromatic nitrogens is 4. The number of nitrogens with one attached hydrogen (secondary N) is 1. The number of hydrogen-bond donors (Lipinski definition) is 1. The molecule has 1 aliphatic heterocycles. The van der Waals surface area contributed by atoms with Gasteiger partial charge in [-0.25, -0.2) is 4.79 Å². The quantitative estimate of drug-likeness (QED) is 0.498. The van der Waals surface area contributed by atoms with Crippen LogP contribution in [0.4, 0.5) is 10.6 Å². The highest BCUT2D eigenvalue weighted by molar-refractivity contribution is 5.79. The summed E-state index contributed by atoms with van der Waals surface area (Å²) in [4.78, 5) is 14.8. The topological polar surface area (TPSA) is 94.4 Å². The Morgan fingerprint density at radius 2 is 1.95 bits per heavy atom. The standard InChI is InChI=1S/C29H40N6O3/c1-29(2,3)38-28(36)32-25-13-15-35(27-6-5-14-30-33-27)18-23(25)19-37-24-10-7-20(8-11-24)21-9-12-26-22(16-21)17-31-34(26)4/h5-6,9,12,14,16-17,20,23-25H,7-8,10-11,13,15,18-19H2,1-4H3,(H,32,36)/t20?,23-,24?,25-/m0/s1. The highest BCUT2D eigenvalue weighted by Gasteiger charge is 2.34. The molecular formula is C29H40N6O3. The van der Waals surface area contributed by atoms with E-state index in [0.29, 0.717) is 12.5 Å². The zero-order valence-electron chi connectivity index (χ0n) is 23.0. The van der Waals surface area contributed by atoms with E-state index in [4.69, 9.17) is 9.47 Å². The molecule has 9 nitrogen and oxygen atoms in total. The van der Waals surface area contributed by atoms with Crippen molar-refractivity contribution in [1.82, 2.24) is 25.3 Å². The number of nitrogens with zero attached hydrogens (tertiary/aromatic N) is 5. The third-order valence-electron chi connectivity index (χ3n) is 7.78. The van der Waals surface area contributed by atoms with Crippen molar-refractivity contribution in [3.8, 4) is 0 Å². The smallest absolute Gasteiger partial charge is 0.407 e. The molecule has 0 unspecified atom stereocenters. The normalized spacial score (nSPS) is 24.4. The number of hydrogen-bond acceptors (Lipinski definition) is 7. The van der Waals surface area contributed by atoms with Gasteiger partial charge in [-0.15, -0.1) is 5.10 Å². The Kier molecular flexibility index (Phi) is 7.83. The summed E-state index contributed by atoms with van der Waals surface area (Å²) in [5.74, 6) is 1.55. The Labute approximate surface area is 224 Å². The molecule has 9 heteroatoms. The summed E-state index contributed by atoms with van der Waals surface area (Å²) in [6, 6.07) is 10.6. The van der Waals surface area contributed by atoms with Crippen LogP contribution in [0.2, 0.25) is 0 Å². The molecule has 0 bridgehead atoms. The van der Waals surface area contributed by atoms with Gasteiger partial charge >= 0.3 is 6.09 Å². The third-order valence-corrected chi connectivity index (χ3v) is 7.78. The van der Waals surface area contributed by atoms with Crippen LogP contribution in [0, 0.1) is 5.92 Å². The molecule has 38 heavy (non-hydrogen) atoms. The number of carbonyl (C=O) groups is 1. The third kappa shape index (κ3) is 6.43. The van der Waals surface area contributed by atoms with Crippen molar-refractivity contribution in [2.24, 2.45) is 13.0 Å². The van der Waals surface area contributed by atoms with Crippen LogP contribution < -0.4 is 10.2 Å². The zero-order chi connectivity index (χ0) is 26.7. The van der Waals surface area contributed by atoms with Crippen LogP contribution in [0.15, 0.2) is 42.7 Å². The summed E-state index contributed by atoms with van der Waals surface area (Å²) in [6.45, 7) is 7.79. The second-order valence-corrected chi connectivity index (χ2v) is 11.7. The maximum absolute atomic E-state index is 12.6. The van der Waals surface area contributed by atoms with E-state index in [9.17, 15) is 4.79 Å². The molecule has 2 fully saturated rings. The fraction of sp³-hybridized carbons (Fsp3) is 0.586. The van der Waals surface area contributed by atoms with Gasteiger partial charge in [0.05, 0.1) is 24.4 Å². The minimum Gasteiger partial charge on any atom is -0.444 e. The number of piperidine rings is 1. The zero-order valence-corrected chi connectivity index (χ0v) is 23.0. The maximum atomic E-state index is 12.6. The average molecular weight is 521 g/mol. The van der Waals surface area contributed by atoms with Crippen LogP contribution in [0.1, 0.15) is 64.4 Å². The van der Waals surface area contributed by atoms with Crippen molar-refractivity contribution in [3.63, 3.8) is 0 Å². The number of fused-ring (bicyclic) bond motifs is 1. The van der Waals surface area contributed by atoms with Crippen molar-refractivity contribution in [1.29, 1.82) is 0 Å². The van der Waals surface area contributed by atoms with Gasteiger partial charge in [0.15, 0.2) is 5.82 Å². The van der Waals surface area contributed by atoms with Crippen molar-refractivity contribution in [3.05, 3.63) is 48.3 Å². The summed E-state index contributed by atoms with van der Waals surface area (Å²) in [6.07, 6.45) is 8.62. The van der Waals surface area contributed by atoms with E-state index >= 15 is 0 Å². The first-order valence-corrected chi connectivity index (χ1v) is 13.8. The number of benzene rings is 1. The van der Waals surface area contributed by atoms with Gasteiger partial charge in [-0.1, -0.05) is 6.07 Å². The highest BCUT2D eigenvalue weighted by Crippen LogP contribution is 2.35. The van der Waals surface area contributed by atoms with Crippen molar-refractivity contribution in [2.45, 2.75) is 76.5 Å². The summed E-state index contributed by atoms with van der Waals surface area (Å²) in [7, 11) is 1.98. The Hall–Kier alpha value is -3.20. The molecule has 1 aliphatic carbocycles. The fourth-order valence-corrected chi connectivity index (χ4v) is 5.78. The van der Waals surface area contributed by atoms with E-state index in [-0.39, 0.29) is 24.2 Å². The molecule has 0 radical (unpaired) electrons. The largest absolute Gasteiger partial charge is 0.444 e. The van der Waals surface area contributed by atoms with Crippen molar-refractivity contribution < 1.29 is 14.3 Å². The first-order chi connectivity index (χ1) is 18.2. The number of rotatable bonds is 6. The van der Waals surface area contributed by atoms with Gasteiger partial charge in [0.2, 0.25) is 0 Å². The highest BCUT2D eigenvalue weighted by atomic mass is 16.6. The molecule has 1 N–H and O–H groups in total. The van der Waals surface area contributed by atoms with Crippen LogP contribution >= 0.6 is 0 Å². The number of aryl methyl sites for hydroxylation is 1. The number of carbonyl (C=O) groups excluding carboxylic acids is 1. The van der Waals surface area contributed by atoms with E-state index in [1.54, 1.807) is 6.20 Å². The number of alkyl carbamates (subject to hydrolysis) is 1. The molecule has 3 aromatic rings. The predicted octanol–water partition coefficient (Wildman–Crippen LogP) is 4.83. The van der Waals surface area contributed by atoms with E-state index in [1.807, 2.05) is 50.8 Å². The van der Waals surface area contributed by atoms with Crippen LogP contribution in [-0.2, 0) is 16.5 Å². The van der Waals surface area contributed by atoms with Gasteiger partial charge in [-0.3, -0.25) is 4.68 Å². The first-order valence-electron chi connectivity index (χ1n) is 13.8. The van der Waals surface area contributed by atoms with Crippen LogP contribution in [0.25, 0.3) is 10.9 Å². The van der Waals surface area contributed by atoms with Gasteiger partial charge in [0.25, 0.3) is 0 Å². The summed E-state index contributed by atoms with van der Waals surface area (Å²) in [5.41, 5.74) is 2.04. The van der Waals surface area contributed by atoms with Gasteiger partial charge < -0.3 is 19.7 Å². The molecule has 0 spiro atoms. The second kappa shape index (κ2) is 11.3. The van der Waals surface area contributed by atoms with Crippen LogP contribution in [0.3, 0.4) is 0 Å². The van der Waals surface area contributed by atoms with Gasteiger partial charge in [-0.2, -0.15) is 10.2 Å². The lowest BCUT2D eigenvalue weighted by atomic mass is 9.82. The number of ether oxygens (including phenoxy) is 2. The predicted molar refractivity (Wildman–Crippen MR) is 147 cm³/mol. The Balaban J connectivity index is 1.18. The lowest BCUT2D eigenvalue weighted by Gasteiger charge is -2.40. The fourth-order valence-electron chi connectivity index (χ4n) is 5.78. The molecular weight excluding hydrogens is 480 g/mol. The molecule has 204 valence electrons. The molecule has 5 rings (SSSR count). The Morgan fingerprint density at radius 3 is 2.68 bits per heavy atom. The molecule has 3 heterocycles. The Bertz CT molecular complexity index is 1220. The van der Waals surface area contributed by atoms with E-state index in [0.717, 1.165) is 51.0 Å². The molecule has 2 atom stereocenters. The van der Waals surface area contributed by atoms with Crippen LogP contribution in [-0.4, -0.2) is 63.5 Å². The van der Waals surface area contributed by atoms with E-state index in [2.05, 4.69) is 43.7 Å². The lowest BCUT2D eigenvalue weighted by molar-refractivity contribution is -0.00574. The SMILES string of the molecule is Cn1ncc2cc(C3CCC(OC[C@@H]4CN(c5cccnn5)CC[C@@H]4NC(=O)OC(C)(C)C)CC3)ccc21. The monoisotopic (exact) mass is 520 g/mol. The minimum atomic E-state index is -0.531. The van der Waals surface area contributed by atoms with Crippen molar-refractivity contribution in [2.75, 3.05) is 24.6 Å². The maximum Gasteiger partial charge on any atom is 0.407 e. The molecule has 1 saturated carbocycles. The number of amides is 1. The average Bonchev–Trinajstić information content (AvgIpc) is 3.27. The number of anilines is 1. The van der Waals surface area contributed by atoms with E-state index < -0.39 is 5.60 Å². The molecule has 1 saturated heterocycles. The van der Waals surface area contributed by atoms with E-state index in [1.165, 1.54) is 16.5 Å². The molecule has 2 aliphatic rings.